The van der Waals surface area contributed by atoms with E-state index >= 15 is 0 Å². The second kappa shape index (κ2) is 8.67. The fraction of sp³-hybridized carbons (Fsp3) is 0.611. The molecule has 2 N–H and O–H groups in total. The smallest absolute Gasteiger partial charge is 0.225 e. The van der Waals surface area contributed by atoms with Crippen molar-refractivity contribution < 1.29 is 13.9 Å². The highest BCUT2D eigenvalue weighted by molar-refractivity contribution is 5.85. The van der Waals surface area contributed by atoms with Crippen LogP contribution in [0.4, 0.5) is 4.39 Å². The number of piperidine rings is 1. The van der Waals surface area contributed by atoms with Crippen molar-refractivity contribution >= 4 is 18.3 Å². The fourth-order valence-corrected chi connectivity index (χ4v) is 3.61. The molecule has 0 bridgehead atoms. The molecule has 2 unspecified atom stereocenters. The molecule has 2 atom stereocenters. The minimum Gasteiger partial charge on any atom is -0.490 e. The second-order valence-electron chi connectivity index (χ2n) is 6.72. The number of carbonyl (C=O) groups excluding carboxylic acids is 1. The lowest BCUT2D eigenvalue weighted by atomic mass is 9.85. The Balaban J connectivity index is 0.00000208. The van der Waals surface area contributed by atoms with Crippen LogP contribution in [0, 0.1) is 11.7 Å². The first-order valence-corrected chi connectivity index (χ1v) is 8.58. The van der Waals surface area contributed by atoms with E-state index in [4.69, 9.17) is 10.5 Å². The normalized spacial score (nSPS) is 25.0. The highest BCUT2D eigenvalue weighted by Crippen LogP contribution is 2.27. The van der Waals surface area contributed by atoms with Gasteiger partial charge in [-0.25, -0.2) is 4.39 Å². The van der Waals surface area contributed by atoms with Gasteiger partial charge in [0, 0.05) is 37.9 Å². The van der Waals surface area contributed by atoms with Crippen molar-refractivity contribution in [3.8, 4) is 5.75 Å². The molecule has 1 amide bonds. The van der Waals surface area contributed by atoms with Gasteiger partial charge in [0.2, 0.25) is 5.91 Å². The highest BCUT2D eigenvalue weighted by Gasteiger charge is 2.31. The van der Waals surface area contributed by atoms with Crippen molar-refractivity contribution in [1.29, 1.82) is 0 Å². The Labute approximate surface area is 148 Å². The summed E-state index contributed by atoms with van der Waals surface area (Å²) in [6, 6.07) is 6.28. The Morgan fingerprint density at radius 3 is 2.42 bits per heavy atom. The van der Waals surface area contributed by atoms with Crippen LogP contribution in [0.15, 0.2) is 24.3 Å². The number of carbonyl (C=O) groups is 1. The Bertz CT molecular complexity index is 532. The third kappa shape index (κ3) is 4.84. The number of likely N-dealkylation sites (tertiary alicyclic amines) is 1. The fourth-order valence-electron chi connectivity index (χ4n) is 3.61. The van der Waals surface area contributed by atoms with Gasteiger partial charge in [-0.3, -0.25) is 4.79 Å². The summed E-state index contributed by atoms with van der Waals surface area (Å²) in [6.45, 7) is 1.47. The van der Waals surface area contributed by atoms with Gasteiger partial charge in [0.1, 0.15) is 17.7 Å². The number of ether oxygens (including phenoxy) is 1. The first kappa shape index (κ1) is 19.0. The van der Waals surface area contributed by atoms with Crippen molar-refractivity contribution in [2.75, 3.05) is 13.1 Å². The minimum absolute atomic E-state index is 0. The highest BCUT2D eigenvalue weighted by atomic mass is 35.5. The molecule has 2 aliphatic rings. The number of nitrogens with two attached hydrogens (primary N) is 1. The third-order valence-corrected chi connectivity index (χ3v) is 4.93. The van der Waals surface area contributed by atoms with E-state index in [1.807, 2.05) is 4.90 Å². The van der Waals surface area contributed by atoms with Crippen molar-refractivity contribution in [2.24, 2.45) is 11.7 Å². The second-order valence-corrected chi connectivity index (χ2v) is 6.72. The Morgan fingerprint density at radius 1 is 1.12 bits per heavy atom. The quantitative estimate of drug-likeness (QED) is 0.905. The molecule has 0 radical (unpaired) electrons. The number of amides is 1. The van der Waals surface area contributed by atoms with E-state index in [0.717, 1.165) is 51.6 Å². The van der Waals surface area contributed by atoms with Crippen molar-refractivity contribution in [1.82, 2.24) is 4.90 Å². The van der Waals surface area contributed by atoms with Crippen LogP contribution in [0.2, 0.25) is 0 Å². The zero-order chi connectivity index (χ0) is 16.2. The molecule has 1 aromatic carbocycles. The molecule has 1 aromatic rings. The molecular weight excluding hydrogens is 331 g/mol. The predicted molar refractivity (Wildman–Crippen MR) is 93.8 cm³/mol. The van der Waals surface area contributed by atoms with Crippen molar-refractivity contribution in [3.63, 3.8) is 0 Å². The van der Waals surface area contributed by atoms with E-state index in [-0.39, 0.29) is 42.2 Å². The molecule has 24 heavy (non-hydrogen) atoms. The predicted octanol–water partition coefficient (Wildman–Crippen LogP) is 3.13. The van der Waals surface area contributed by atoms with Crippen LogP contribution in [0.3, 0.4) is 0 Å². The van der Waals surface area contributed by atoms with E-state index in [2.05, 4.69) is 0 Å². The summed E-state index contributed by atoms with van der Waals surface area (Å²) in [5.74, 6) is 0.798. The first-order chi connectivity index (χ1) is 11.1. The van der Waals surface area contributed by atoms with Crippen LogP contribution in [-0.4, -0.2) is 36.0 Å². The topological polar surface area (TPSA) is 55.6 Å². The zero-order valence-electron chi connectivity index (χ0n) is 13.8. The summed E-state index contributed by atoms with van der Waals surface area (Å²) < 4.78 is 18.8. The number of halogens is 2. The first-order valence-electron chi connectivity index (χ1n) is 8.58. The summed E-state index contributed by atoms with van der Waals surface area (Å²) in [6.07, 6.45) is 5.63. The van der Waals surface area contributed by atoms with E-state index < -0.39 is 0 Å². The lowest BCUT2D eigenvalue weighted by Crippen LogP contribution is -2.46. The molecule has 0 aromatic heterocycles. The van der Waals surface area contributed by atoms with Gasteiger partial charge in [-0.15, -0.1) is 12.4 Å². The number of nitrogens with zero attached hydrogens (tertiary/aromatic N) is 1. The van der Waals surface area contributed by atoms with Gasteiger partial charge >= 0.3 is 0 Å². The molecule has 134 valence electrons. The van der Waals surface area contributed by atoms with E-state index in [1.165, 1.54) is 12.1 Å². The van der Waals surface area contributed by atoms with Crippen LogP contribution in [-0.2, 0) is 4.79 Å². The van der Waals surface area contributed by atoms with Gasteiger partial charge in [-0.1, -0.05) is 6.42 Å². The number of hydrogen-bond acceptors (Lipinski definition) is 3. The van der Waals surface area contributed by atoms with Gasteiger partial charge in [0.15, 0.2) is 0 Å². The molecule has 4 nitrogen and oxygen atoms in total. The summed E-state index contributed by atoms with van der Waals surface area (Å²) in [4.78, 5) is 14.6. The van der Waals surface area contributed by atoms with Crippen molar-refractivity contribution in [2.45, 2.75) is 50.7 Å². The van der Waals surface area contributed by atoms with Crippen LogP contribution in [0.5, 0.6) is 5.75 Å². The average Bonchev–Trinajstić information content (AvgIpc) is 2.57. The van der Waals surface area contributed by atoms with Crippen molar-refractivity contribution in [3.05, 3.63) is 30.1 Å². The molecule has 1 aliphatic carbocycles. The molecule has 1 saturated heterocycles. The number of benzene rings is 1. The van der Waals surface area contributed by atoms with Gasteiger partial charge in [0.25, 0.3) is 0 Å². The summed E-state index contributed by atoms with van der Waals surface area (Å²) in [5.41, 5.74) is 5.99. The van der Waals surface area contributed by atoms with E-state index in [1.54, 1.807) is 12.1 Å². The number of hydrogen-bond donors (Lipinski definition) is 1. The molecule has 1 saturated carbocycles. The average molecular weight is 357 g/mol. The van der Waals surface area contributed by atoms with E-state index in [9.17, 15) is 9.18 Å². The van der Waals surface area contributed by atoms with Crippen LogP contribution >= 0.6 is 12.4 Å². The Hall–Kier alpha value is -1.33. The minimum atomic E-state index is -0.261. The standard InChI is InChI=1S/C18H25FN2O2.ClH/c19-14-4-6-16(7-5-14)23-17-8-10-21(11-9-17)18(22)13-2-1-3-15(20)12-13;/h4-7,13,15,17H,1-3,8-12,20H2;1H. The van der Waals surface area contributed by atoms with Gasteiger partial charge < -0.3 is 15.4 Å². The maximum atomic E-state index is 12.9. The lowest BCUT2D eigenvalue weighted by Gasteiger charge is -2.36. The summed E-state index contributed by atoms with van der Waals surface area (Å²) >= 11 is 0. The molecular formula is C18H26ClFN2O2. The molecule has 0 spiro atoms. The Morgan fingerprint density at radius 2 is 1.79 bits per heavy atom. The Kier molecular flexibility index (Phi) is 6.87. The maximum Gasteiger partial charge on any atom is 0.225 e. The SMILES string of the molecule is Cl.NC1CCCC(C(=O)N2CCC(Oc3ccc(F)cc3)CC2)C1. The van der Waals surface area contributed by atoms with Crippen LogP contribution in [0.25, 0.3) is 0 Å². The molecule has 2 fully saturated rings. The molecule has 1 heterocycles. The van der Waals surface area contributed by atoms with Gasteiger partial charge in [-0.05, 0) is 43.5 Å². The molecule has 3 rings (SSSR count). The summed E-state index contributed by atoms with van der Waals surface area (Å²) in [7, 11) is 0. The largest absolute Gasteiger partial charge is 0.490 e. The lowest BCUT2D eigenvalue weighted by molar-refractivity contribution is -0.138. The monoisotopic (exact) mass is 356 g/mol. The molecule has 6 heteroatoms. The van der Waals surface area contributed by atoms with Crippen LogP contribution < -0.4 is 10.5 Å². The molecule has 1 aliphatic heterocycles. The number of rotatable bonds is 3. The van der Waals surface area contributed by atoms with Gasteiger partial charge in [0.05, 0.1) is 0 Å². The summed E-state index contributed by atoms with van der Waals surface area (Å²) in [5, 5.41) is 0. The zero-order valence-corrected chi connectivity index (χ0v) is 14.6. The van der Waals surface area contributed by atoms with Crippen LogP contribution in [0.1, 0.15) is 38.5 Å². The van der Waals surface area contributed by atoms with E-state index in [0.29, 0.717) is 5.75 Å². The van der Waals surface area contributed by atoms with Gasteiger partial charge in [-0.2, -0.15) is 0 Å². The third-order valence-electron chi connectivity index (χ3n) is 4.93. The maximum absolute atomic E-state index is 12.9.